The fourth-order valence-electron chi connectivity index (χ4n) is 2.99. The number of ether oxygens (including phenoxy) is 1. The number of hydrogen-bond donors (Lipinski definition) is 1. The lowest BCUT2D eigenvalue weighted by Crippen LogP contribution is -2.12. The van der Waals surface area contributed by atoms with E-state index in [2.05, 4.69) is 10.3 Å². The normalized spacial score (nSPS) is 10.6. The Morgan fingerprint density at radius 2 is 1.90 bits per heavy atom. The van der Waals surface area contributed by atoms with Crippen LogP contribution in [-0.2, 0) is 0 Å². The first-order valence-corrected chi connectivity index (χ1v) is 9.16. The topological polar surface area (TPSA) is 69.0 Å². The number of nitrogens with one attached hydrogen (secondary N) is 1. The van der Waals surface area contributed by atoms with E-state index in [1.165, 1.54) is 0 Å². The number of carbonyl (C=O) groups excluding carboxylic acids is 1. The van der Waals surface area contributed by atoms with E-state index in [-0.39, 0.29) is 5.91 Å². The van der Waals surface area contributed by atoms with Gasteiger partial charge in [0.25, 0.3) is 5.91 Å². The summed E-state index contributed by atoms with van der Waals surface area (Å²) in [5.74, 6) is 0.445. The van der Waals surface area contributed by atoms with E-state index in [1.54, 1.807) is 42.5 Å². The predicted octanol–water partition coefficient (Wildman–Crippen LogP) is 4.50. The van der Waals surface area contributed by atoms with Gasteiger partial charge in [0.1, 0.15) is 11.4 Å². The molecule has 0 spiro atoms. The van der Waals surface area contributed by atoms with Gasteiger partial charge in [-0.25, -0.2) is 4.68 Å². The van der Waals surface area contributed by atoms with Crippen molar-refractivity contribution in [3.05, 3.63) is 90.4 Å². The summed E-state index contributed by atoms with van der Waals surface area (Å²) < 4.78 is 7.05. The number of nitrogens with zero attached hydrogens (tertiary/aromatic N) is 3. The van der Waals surface area contributed by atoms with Crippen molar-refractivity contribution in [3.63, 3.8) is 0 Å². The molecule has 0 bridgehead atoms. The van der Waals surface area contributed by atoms with E-state index in [1.807, 2.05) is 55.5 Å². The van der Waals surface area contributed by atoms with Crippen molar-refractivity contribution < 1.29 is 9.53 Å². The number of anilines is 1. The van der Waals surface area contributed by atoms with Crippen LogP contribution in [0.25, 0.3) is 16.9 Å². The van der Waals surface area contributed by atoms with Crippen molar-refractivity contribution in [1.29, 1.82) is 0 Å². The summed E-state index contributed by atoms with van der Waals surface area (Å²) in [5.41, 5.74) is 4.49. The summed E-state index contributed by atoms with van der Waals surface area (Å²) in [4.78, 5) is 17.1. The lowest BCUT2D eigenvalue weighted by Gasteiger charge is -2.06. The zero-order valence-electron chi connectivity index (χ0n) is 16.2. The maximum Gasteiger partial charge on any atom is 0.259 e. The van der Waals surface area contributed by atoms with Gasteiger partial charge >= 0.3 is 0 Å². The average molecular weight is 384 g/mol. The molecule has 6 heteroatoms. The summed E-state index contributed by atoms with van der Waals surface area (Å²) in [7, 11) is 1.61. The summed E-state index contributed by atoms with van der Waals surface area (Å²) in [5, 5.41) is 7.59. The number of hydrogen-bond acceptors (Lipinski definition) is 4. The molecule has 0 radical (unpaired) electrons. The second kappa shape index (κ2) is 7.98. The SMILES string of the molecule is COc1cccc(-c2nn(-c3ccc(C)cc3)cc2C(=O)Nc2cccnc2)c1. The lowest BCUT2D eigenvalue weighted by molar-refractivity contribution is 0.102. The molecule has 0 fully saturated rings. The van der Waals surface area contributed by atoms with Crippen molar-refractivity contribution in [1.82, 2.24) is 14.8 Å². The van der Waals surface area contributed by atoms with Gasteiger partial charge in [0, 0.05) is 18.0 Å². The minimum Gasteiger partial charge on any atom is -0.497 e. The average Bonchev–Trinajstić information content (AvgIpc) is 3.21. The van der Waals surface area contributed by atoms with Crippen LogP contribution >= 0.6 is 0 Å². The molecule has 1 amide bonds. The van der Waals surface area contributed by atoms with Gasteiger partial charge in [-0.15, -0.1) is 0 Å². The number of pyridine rings is 1. The molecule has 29 heavy (non-hydrogen) atoms. The minimum atomic E-state index is -0.255. The number of aryl methyl sites for hydroxylation is 1. The molecule has 0 saturated heterocycles. The van der Waals surface area contributed by atoms with E-state index < -0.39 is 0 Å². The standard InChI is InChI=1S/C23H20N4O2/c1-16-8-10-19(11-9-16)27-15-21(23(28)25-18-6-4-12-24-14-18)22(26-27)17-5-3-7-20(13-17)29-2/h3-15H,1-2H3,(H,25,28). The number of aromatic nitrogens is 3. The number of benzene rings is 2. The van der Waals surface area contributed by atoms with Gasteiger partial charge in [0.2, 0.25) is 0 Å². The van der Waals surface area contributed by atoms with Crippen LogP contribution in [0.2, 0.25) is 0 Å². The molecule has 2 aromatic carbocycles. The molecular weight excluding hydrogens is 364 g/mol. The van der Waals surface area contributed by atoms with Gasteiger partial charge in [-0.05, 0) is 43.3 Å². The Morgan fingerprint density at radius 1 is 1.07 bits per heavy atom. The zero-order chi connectivity index (χ0) is 20.2. The Morgan fingerprint density at radius 3 is 2.62 bits per heavy atom. The highest BCUT2D eigenvalue weighted by Gasteiger charge is 2.19. The molecular formula is C23H20N4O2. The Bertz CT molecular complexity index is 1140. The maximum absolute atomic E-state index is 13.0. The van der Waals surface area contributed by atoms with Crippen molar-refractivity contribution in [2.24, 2.45) is 0 Å². The van der Waals surface area contributed by atoms with Gasteiger partial charge in [-0.3, -0.25) is 9.78 Å². The molecule has 6 nitrogen and oxygen atoms in total. The second-order valence-electron chi connectivity index (χ2n) is 6.60. The molecule has 0 aliphatic carbocycles. The highest BCUT2D eigenvalue weighted by atomic mass is 16.5. The third-order valence-electron chi connectivity index (χ3n) is 4.52. The summed E-state index contributed by atoms with van der Waals surface area (Å²) >= 11 is 0. The summed E-state index contributed by atoms with van der Waals surface area (Å²) in [6.07, 6.45) is 5.01. The van der Waals surface area contributed by atoms with Crippen LogP contribution in [0.4, 0.5) is 5.69 Å². The zero-order valence-corrected chi connectivity index (χ0v) is 16.2. The largest absolute Gasteiger partial charge is 0.497 e. The fourth-order valence-corrected chi connectivity index (χ4v) is 2.99. The van der Waals surface area contributed by atoms with Gasteiger partial charge in [0.15, 0.2) is 0 Å². The van der Waals surface area contributed by atoms with Crippen LogP contribution in [0.5, 0.6) is 5.75 Å². The number of amides is 1. The molecule has 4 aromatic rings. The smallest absolute Gasteiger partial charge is 0.259 e. The predicted molar refractivity (Wildman–Crippen MR) is 112 cm³/mol. The number of methoxy groups -OCH3 is 1. The van der Waals surface area contributed by atoms with Crippen molar-refractivity contribution in [2.75, 3.05) is 12.4 Å². The first-order chi connectivity index (χ1) is 14.1. The highest BCUT2D eigenvalue weighted by Crippen LogP contribution is 2.27. The first-order valence-electron chi connectivity index (χ1n) is 9.16. The summed E-state index contributed by atoms with van der Waals surface area (Å²) in [6, 6.07) is 19.0. The Kier molecular flexibility index (Phi) is 5.07. The molecule has 2 heterocycles. The molecule has 4 rings (SSSR count). The highest BCUT2D eigenvalue weighted by molar-refractivity contribution is 6.08. The Labute approximate surface area is 168 Å². The van der Waals surface area contributed by atoms with Gasteiger partial charge in [-0.2, -0.15) is 5.10 Å². The van der Waals surface area contributed by atoms with Gasteiger partial charge < -0.3 is 10.1 Å². The molecule has 0 atom stereocenters. The number of carbonyl (C=O) groups is 1. The monoisotopic (exact) mass is 384 g/mol. The van der Waals surface area contributed by atoms with Gasteiger partial charge in [-0.1, -0.05) is 29.8 Å². The van der Waals surface area contributed by atoms with E-state index in [4.69, 9.17) is 9.84 Å². The quantitative estimate of drug-likeness (QED) is 0.550. The molecule has 0 aliphatic rings. The van der Waals surface area contributed by atoms with E-state index in [9.17, 15) is 4.79 Å². The van der Waals surface area contributed by atoms with Crippen LogP contribution in [-0.4, -0.2) is 27.8 Å². The van der Waals surface area contributed by atoms with Crippen LogP contribution < -0.4 is 10.1 Å². The molecule has 144 valence electrons. The lowest BCUT2D eigenvalue weighted by atomic mass is 10.1. The fraction of sp³-hybridized carbons (Fsp3) is 0.0870. The Hall–Kier alpha value is -3.93. The van der Waals surface area contributed by atoms with E-state index >= 15 is 0 Å². The summed E-state index contributed by atoms with van der Waals surface area (Å²) in [6.45, 7) is 2.03. The molecule has 1 N–H and O–H groups in total. The molecule has 2 aromatic heterocycles. The third kappa shape index (κ3) is 4.01. The van der Waals surface area contributed by atoms with E-state index in [0.717, 1.165) is 16.8 Å². The van der Waals surface area contributed by atoms with Crippen LogP contribution in [0, 0.1) is 6.92 Å². The number of rotatable bonds is 5. The van der Waals surface area contributed by atoms with Crippen LogP contribution in [0.15, 0.2) is 79.3 Å². The molecule has 0 saturated carbocycles. The van der Waals surface area contributed by atoms with Gasteiger partial charge in [0.05, 0.1) is 30.2 Å². The van der Waals surface area contributed by atoms with Crippen LogP contribution in [0.1, 0.15) is 15.9 Å². The van der Waals surface area contributed by atoms with E-state index in [0.29, 0.717) is 22.7 Å². The minimum absolute atomic E-state index is 0.255. The first kappa shape index (κ1) is 18.4. The Balaban J connectivity index is 1.78. The van der Waals surface area contributed by atoms with Crippen molar-refractivity contribution >= 4 is 11.6 Å². The molecule has 0 aliphatic heterocycles. The maximum atomic E-state index is 13.0. The molecule has 0 unspecified atom stereocenters. The van der Waals surface area contributed by atoms with Crippen molar-refractivity contribution in [3.8, 4) is 22.7 Å². The van der Waals surface area contributed by atoms with Crippen molar-refractivity contribution in [2.45, 2.75) is 6.92 Å². The van der Waals surface area contributed by atoms with Crippen LogP contribution in [0.3, 0.4) is 0 Å². The third-order valence-corrected chi connectivity index (χ3v) is 4.52. The second-order valence-corrected chi connectivity index (χ2v) is 6.60.